The van der Waals surface area contributed by atoms with Crippen LogP contribution in [0.2, 0.25) is 0 Å². The first-order valence-electron chi connectivity index (χ1n) is 7.06. The van der Waals surface area contributed by atoms with Crippen LogP contribution in [0.5, 0.6) is 0 Å². The van der Waals surface area contributed by atoms with Gasteiger partial charge in [-0.15, -0.1) is 11.3 Å². The lowest BCUT2D eigenvalue weighted by atomic mass is 9.95. The van der Waals surface area contributed by atoms with Gasteiger partial charge in [0.2, 0.25) is 0 Å². The number of hydrogen-bond acceptors (Lipinski definition) is 5. The number of allylic oxidation sites excluding steroid dienone is 1. The third kappa shape index (κ3) is 3.73. The van der Waals surface area contributed by atoms with Crippen molar-refractivity contribution in [2.45, 2.75) is 32.6 Å². The van der Waals surface area contributed by atoms with Gasteiger partial charge in [-0.2, -0.15) is 0 Å². The first-order chi connectivity index (χ1) is 10.5. The molecule has 0 saturated heterocycles. The Morgan fingerprint density at radius 1 is 1.32 bits per heavy atom. The second-order valence-electron chi connectivity index (χ2n) is 4.94. The molecule has 0 saturated carbocycles. The Labute approximate surface area is 132 Å². The minimum Gasteiger partial charge on any atom is -0.452 e. The predicted octanol–water partition coefficient (Wildman–Crippen LogP) is 1.78. The number of aryl methyl sites for hydroxylation is 1. The second-order valence-corrected chi connectivity index (χ2v) is 6.04. The molecule has 0 bridgehead atoms. The van der Waals surface area contributed by atoms with Gasteiger partial charge in [-0.25, -0.2) is 4.79 Å². The topological polar surface area (TPSA) is 98.5 Å². The number of carbonyl (C=O) groups is 3. The first kappa shape index (κ1) is 16.2. The van der Waals surface area contributed by atoms with E-state index < -0.39 is 24.4 Å². The van der Waals surface area contributed by atoms with Crippen molar-refractivity contribution in [2.24, 2.45) is 5.73 Å². The highest BCUT2D eigenvalue weighted by atomic mass is 32.1. The van der Waals surface area contributed by atoms with Crippen LogP contribution >= 0.6 is 11.3 Å². The number of anilines is 1. The normalized spacial score (nSPS) is 13.7. The van der Waals surface area contributed by atoms with E-state index in [4.69, 9.17) is 10.5 Å². The molecule has 7 heteroatoms. The molecule has 22 heavy (non-hydrogen) atoms. The Morgan fingerprint density at radius 2 is 2.05 bits per heavy atom. The maximum atomic E-state index is 11.9. The third-order valence-corrected chi connectivity index (χ3v) is 4.53. The maximum absolute atomic E-state index is 11.9. The van der Waals surface area contributed by atoms with E-state index in [1.165, 1.54) is 23.5 Å². The number of hydrogen-bond donors (Lipinski definition) is 2. The fourth-order valence-electron chi connectivity index (χ4n) is 2.40. The molecule has 1 aromatic rings. The summed E-state index contributed by atoms with van der Waals surface area (Å²) in [6.07, 6.45) is 6.53. The molecule has 1 heterocycles. The molecule has 0 unspecified atom stereocenters. The molecule has 0 atom stereocenters. The largest absolute Gasteiger partial charge is 0.452 e. The molecule has 0 aliphatic heterocycles. The number of rotatable bonds is 5. The Kier molecular flexibility index (Phi) is 5.32. The van der Waals surface area contributed by atoms with Gasteiger partial charge in [0.1, 0.15) is 5.00 Å². The number of nitrogens with one attached hydrogen (secondary N) is 1. The summed E-state index contributed by atoms with van der Waals surface area (Å²) in [6, 6.07) is 0. The van der Waals surface area contributed by atoms with Crippen LogP contribution in [0.15, 0.2) is 12.2 Å². The Hall–Kier alpha value is -2.15. The average molecular weight is 322 g/mol. The van der Waals surface area contributed by atoms with E-state index in [-0.39, 0.29) is 0 Å². The zero-order valence-electron chi connectivity index (χ0n) is 12.3. The van der Waals surface area contributed by atoms with Gasteiger partial charge in [0.25, 0.3) is 11.8 Å². The van der Waals surface area contributed by atoms with Crippen LogP contribution in [0.1, 0.15) is 40.6 Å². The molecule has 118 valence electrons. The van der Waals surface area contributed by atoms with Crippen molar-refractivity contribution in [1.82, 2.24) is 0 Å². The van der Waals surface area contributed by atoms with E-state index in [0.29, 0.717) is 10.6 Å². The van der Waals surface area contributed by atoms with Crippen LogP contribution in [0.3, 0.4) is 0 Å². The van der Waals surface area contributed by atoms with Crippen LogP contribution in [-0.2, 0) is 27.2 Å². The molecule has 0 spiro atoms. The summed E-state index contributed by atoms with van der Waals surface area (Å²) in [5, 5.41) is 3.07. The Bertz CT molecular complexity index is 634. The van der Waals surface area contributed by atoms with Gasteiger partial charge in [-0.1, -0.05) is 6.08 Å². The van der Waals surface area contributed by atoms with E-state index in [1.54, 1.807) is 6.92 Å². The average Bonchev–Trinajstić information content (AvgIpc) is 2.83. The van der Waals surface area contributed by atoms with Crippen molar-refractivity contribution < 1.29 is 19.1 Å². The van der Waals surface area contributed by atoms with Crippen molar-refractivity contribution in [3.63, 3.8) is 0 Å². The van der Waals surface area contributed by atoms with Crippen LogP contribution in [-0.4, -0.2) is 24.4 Å². The Balaban J connectivity index is 2.09. The summed E-state index contributed by atoms with van der Waals surface area (Å²) in [5.41, 5.74) is 6.79. The SMILES string of the molecule is C/C=C/C(=O)OCC(=O)Nc1sc2c(c1C(N)=O)CCCC2. The smallest absolute Gasteiger partial charge is 0.330 e. The lowest BCUT2D eigenvalue weighted by Gasteiger charge is -2.11. The monoisotopic (exact) mass is 322 g/mol. The lowest BCUT2D eigenvalue weighted by Crippen LogP contribution is -2.22. The summed E-state index contributed by atoms with van der Waals surface area (Å²) >= 11 is 1.38. The number of nitrogens with two attached hydrogens (primary N) is 1. The molecular weight excluding hydrogens is 304 g/mol. The molecule has 1 aliphatic rings. The highest BCUT2D eigenvalue weighted by Gasteiger charge is 2.25. The fourth-order valence-corrected chi connectivity index (χ4v) is 3.71. The van der Waals surface area contributed by atoms with Gasteiger partial charge >= 0.3 is 5.97 Å². The van der Waals surface area contributed by atoms with Crippen molar-refractivity contribution in [1.29, 1.82) is 0 Å². The van der Waals surface area contributed by atoms with E-state index >= 15 is 0 Å². The first-order valence-corrected chi connectivity index (χ1v) is 7.88. The van der Waals surface area contributed by atoms with Gasteiger partial charge in [0.05, 0.1) is 5.56 Å². The molecule has 6 nitrogen and oxygen atoms in total. The minimum absolute atomic E-state index is 0.396. The number of primary amides is 1. The van der Waals surface area contributed by atoms with Gasteiger partial charge in [-0.05, 0) is 38.2 Å². The van der Waals surface area contributed by atoms with Crippen molar-refractivity contribution in [2.75, 3.05) is 11.9 Å². The third-order valence-electron chi connectivity index (χ3n) is 3.32. The molecule has 1 aromatic heterocycles. The molecule has 1 aliphatic carbocycles. The number of esters is 1. The number of carbonyl (C=O) groups excluding carboxylic acids is 3. The molecule has 0 radical (unpaired) electrons. The summed E-state index contributed by atoms with van der Waals surface area (Å²) < 4.78 is 4.77. The van der Waals surface area contributed by atoms with E-state index in [2.05, 4.69) is 5.32 Å². The molecule has 0 fully saturated rings. The van der Waals surface area contributed by atoms with Gasteiger partial charge in [0.15, 0.2) is 6.61 Å². The van der Waals surface area contributed by atoms with Crippen molar-refractivity contribution in [3.8, 4) is 0 Å². The highest BCUT2D eigenvalue weighted by molar-refractivity contribution is 7.17. The summed E-state index contributed by atoms with van der Waals surface area (Å²) in [7, 11) is 0. The van der Waals surface area contributed by atoms with Crippen molar-refractivity contribution >= 4 is 34.1 Å². The highest BCUT2D eigenvalue weighted by Crippen LogP contribution is 2.37. The number of ether oxygens (including phenoxy) is 1. The van der Waals surface area contributed by atoms with Gasteiger partial charge in [0, 0.05) is 11.0 Å². The molecular formula is C15H18N2O4S. The summed E-state index contributed by atoms with van der Waals surface area (Å²) in [6.45, 7) is 1.28. The van der Waals surface area contributed by atoms with Gasteiger partial charge < -0.3 is 15.8 Å². The van der Waals surface area contributed by atoms with Crippen molar-refractivity contribution in [3.05, 3.63) is 28.2 Å². The van der Waals surface area contributed by atoms with E-state index in [1.807, 2.05) is 0 Å². The zero-order chi connectivity index (χ0) is 16.1. The number of fused-ring (bicyclic) bond motifs is 1. The van der Waals surface area contributed by atoms with Crippen LogP contribution < -0.4 is 11.1 Å². The minimum atomic E-state index is -0.585. The van der Waals surface area contributed by atoms with Crippen LogP contribution in [0.4, 0.5) is 5.00 Å². The number of amides is 2. The predicted molar refractivity (Wildman–Crippen MR) is 83.9 cm³/mol. The second kappa shape index (κ2) is 7.22. The summed E-state index contributed by atoms with van der Waals surface area (Å²) in [5.74, 6) is -1.61. The lowest BCUT2D eigenvalue weighted by molar-refractivity contribution is -0.142. The molecule has 0 aromatic carbocycles. The maximum Gasteiger partial charge on any atom is 0.330 e. The standard InChI is InChI=1S/C15H18N2O4S/c1-2-5-12(19)21-8-11(18)17-15-13(14(16)20)9-6-3-4-7-10(9)22-15/h2,5H,3-4,6-8H2,1H3,(H2,16,20)(H,17,18)/b5-2+. The van der Waals surface area contributed by atoms with Gasteiger partial charge in [-0.3, -0.25) is 9.59 Å². The molecule has 3 N–H and O–H groups in total. The number of thiophene rings is 1. The quantitative estimate of drug-likeness (QED) is 0.637. The molecule has 2 rings (SSSR count). The zero-order valence-corrected chi connectivity index (χ0v) is 13.1. The summed E-state index contributed by atoms with van der Waals surface area (Å²) in [4.78, 5) is 35.8. The van der Waals surface area contributed by atoms with E-state index in [9.17, 15) is 14.4 Å². The van der Waals surface area contributed by atoms with Crippen LogP contribution in [0.25, 0.3) is 0 Å². The van der Waals surface area contributed by atoms with E-state index in [0.717, 1.165) is 36.1 Å². The fraction of sp³-hybridized carbons (Fsp3) is 0.400. The Morgan fingerprint density at radius 3 is 2.73 bits per heavy atom. The molecule has 2 amide bonds. The van der Waals surface area contributed by atoms with Crippen LogP contribution in [0, 0.1) is 0 Å².